The molecule has 0 bridgehead atoms. The maximum Gasteiger partial charge on any atom is 0.255 e. The normalized spacial score (nSPS) is 11.1. The Hall–Kier alpha value is -2.33. The first-order valence-electron chi connectivity index (χ1n) is 10.6. The largest absolute Gasteiger partial charge is 1.00 e. The van der Waals surface area contributed by atoms with Crippen molar-refractivity contribution in [1.82, 2.24) is 4.57 Å². The van der Waals surface area contributed by atoms with Crippen molar-refractivity contribution in [1.29, 1.82) is 0 Å². The second-order valence-electron chi connectivity index (χ2n) is 7.95. The molecule has 0 unspecified atom stereocenters. The van der Waals surface area contributed by atoms with E-state index in [4.69, 9.17) is 23.2 Å². The van der Waals surface area contributed by atoms with Crippen molar-refractivity contribution >= 4 is 44.7 Å². The van der Waals surface area contributed by atoms with E-state index in [-0.39, 0.29) is 17.0 Å². The lowest BCUT2D eigenvalue weighted by molar-refractivity contribution is -0.693. The minimum atomic E-state index is 0. The molecule has 0 atom stereocenters. The Morgan fingerprint density at radius 2 is 1.19 bits per heavy atom. The van der Waals surface area contributed by atoms with Crippen LogP contribution in [-0.4, -0.2) is 4.57 Å². The van der Waals surface area contributed by atoms with E-state index in [1.807, 2.05) is 15.5 Å². The number of fused-ring (bicyclic) bond motifs is 2. The number of aryl methyl sites for hydroxylation is 4. The molecule has 0 spiro atoms. The lowest BCUT2D eigenvalue weighted by Gasteiger charge is -2.03. The zero-order chi connectivity index (χ0) is 21.2. The molecule has 1 aromatic heterocycles. The number of aromatic nitrogens is 2. The number of hydrogen-bond donors (Lipinski definition) is 0. The van der Waals surface area contributed by atoms with Gasteiger partial charge in [-0.2, -0.15) is 0 Å². The standard InChI is InChI=1S/C27H23Cl2N2.BrH/c28-26-27(29)31(16-14-21-10-12-23-6-2-4-8-25(23)18-21)19-30(26)15-13-20-9-11-22-5-1-3-7-24(22)17-20;/h1-12,17-19H,13-16H2;1H/q+1;/p-1. The topological polar surface area (TPSA) is 8.81 Å². The highest BCUT2D eigenvalue weighted by molar-refractivity contribution is 6.39. The van der Waals surface area contributed by atoms with Gasteiger partial charge in [-0.25, -0.2) is 9.13 Å². The zero-order valence-corrected chi connectivity index (χ0v) is 20.6. The van der Waals surface area contributed by atoms with Crippen LogP contribution in [0.25, 0.3) is 21.5 Å². The van der Waals surface area contributed by atoms with Crippen LogP contribution in [0.4, 0.5) is 0 Å². The summed E-state index contributed by atoms with van der Waals surface area (Å²) in [6, 6.07) is 30.1. The highest BCUT2D eigenvalue weighted by Gasteiger charge is 2.20. The number of hydrogen-bond acceptors (Lipinski definition) is 0. The zero-order valence-electron chi connectivity index (χ0n) is 17.5. The monoisotopic (exact) mass is 524 g/mol. The third-order valence-electron chi connectivity index (χ3n) is 5.86. The average Bonchev–Trinajstić information content (AvgIpc) is 3.09. The van der Waals surface area contributed by atoms with Crippen LogP contribution in [0.2, 0.25) is 10.3 Å². The molecule has 0 N–H and O–H groups in total. The van der Waals surface area contributed by atoms with E-state index in [0.29, 0.717) is 10.3 Å². The van der Waals surface area contributed by atoms with Crippen LogP contribution < -0.4 is 21.5 Å². The first-order chi connectivity index (χ1) is 15.2. The molecule has 5 aromatic rings. The number of nitrogens with zero attached hydrogens (tertiary/aromatic N) is 2. The first kappa shape index (κ1) is 22.8. The summed E-state index contributed by atoms with van der Waals surface area (Å²) in [5.74, 6) is 0. The van der Waals surface area contributed by atoms with Gasteiger partial charge in [0.15, 0.2) is 0 Å². The van der Waals surface area contributed by atoms with Crippen molar-refractivity contribution in [3.63, 3.8) is 0 Å². The average molecular weight is 526 g/mol. The van der Waals surface area contributed by atoms with Crippen molar-refractivity contribution in [3.05, 3.63) is 113 Å². The predicted octanol–water partition coefficient (Wildman–Crippen LogP) is 3.88. The molecule has 2 nitrogen and oxygen atoms in total. The molecule has 0 fully saturated rings. The summed E-state index contributed by atoms with van der Waals surface area (Å²) in [5, 5.41) is 6.26. The fourth-order valence-corrected chi connectivity index (χ4v) is 4.58. The molecular weight excluding hydrogens is 503 g/mol. The number of benzene rings is 4. The van der Waals surface area contributed by atoms with Crippen molar-refractivity contribution < 1.29 is 21.5 Å². The van der Waals surface area contributed by atoms with Gasteiger partial charge in [0.05, 0.1) is 13.1 Å². The summed E-state index contributed by atoms with van der Waals surface area (Å²) in [5.41, 5.74) is 2.59. The molecule has 0 aliphatic rings. The van der Waals surface area contributed by atoms with Crippen LogP contribution >= 0.6 is 23.2 Å². The quantitative estimate of drug-likeness (QED) is 0.297. The number of imidazole rings is 1. The minimum absolute atomic E-state index is 0. The molecule has 162 valence electrons. The Balaban J connectivity index is 0.00000245. The number of rotatable bonds is 6. The SMILES string of the molecule is Clc1c(Cl)[n+](CCc2ccc3ccccc3c2)cn1CCc1ccc2ccccc2c1.[Br-]. The molecule has 0 aliphatic heterocycles. The molecule has 0 amide bonds. The summed E-state index contributed by atoms with van der Waals surface area (Å²) in [7, 11) is 0. The van der Waals surface area contributed by atoms with Crippen LogP contribution in [0.1, 0.15) is 11.1 Å². The van der Waals surface area contributed by atoms with Gasteiger partial charge in [0, 0.05) is 12.8 Å². The molecule has 0 radical (unpaired) electrons. The molecule has 5 rings (SSSR count). The Labute approximate surface area is 208 Å². The first-order valence-corrected chi connectivity index (χ1v) is 11.3. The van der Waals surface area contributed by atoms with Gasteiger partial charge in [-0.1, -0.05) is 84.9 Å². The maximum atomic E-state index is 6.55. The van der Waals surface area contributed by atoms with Crippen LogP contribution in [-0.2, 0) is 25.9 Å². The van der Waals surface area contributed by atoms with Crippen molar-refractivity contribution in [3.8, 4) is 0 Å². The van der Waals surface area contributed by atoms with E-state index in [1.54, 1.807) is 0 Å². The Morgan fingerprint density at radius 1 is 0.656 bits per heavy atom. The van der Waals surface area contributed by atoms with Crippen molar-refractivity contribution in [2.75, 3.05) is 0 Å². The van der Waals surface area contributed by atoms with E-state index in [0.717, 1.165) is 25.9 Å². The van der Waals surface area contributed by atoms with E-state index >= 15 is 0 Å². The lowest BCUT2D eigenvalue weighted by Crippen LogP contribution is -3.00. The van der Waals surface area contributed by atoms with Crippen LogP contribution in [0.3, 0.4) is 0 Å². The molecule has 1 heterocycles. The van der Waals surface area contributed by atoms with Crippen molar-refractivity contribution in [2.24, 2.45) is 0 Å². The van der Waals surface area contributed by atoms with Crippen molar-refractivity contribution in [2.45, 2.75) is 25.9 Å². The third-order valence-corrected chi connectivity index (χ3v) is 6.75. The lowest BCUT2D eigenvalue weighted by atomic mass is 10.1. The minimum Gasteiger partial charge on any atom is -1.00 e. The summed E-state index contributed by atoms with van der Waals surface area (Å²) in [6.45, 7) is 1.58. The van der Waals surface area contributed by atoms with Gasteiger partial charge >= 0.3 is 0 Å². The van der Waals surface area contributed by atoms with E-state index in [9.17, 15) is 0 Å². The van der Waals surface area contributed by atoms with Crippen LogP contribution in [0.5, 0.6) is 0 Å². The molecule has 32 heavy (non-hydrogen) atoms. The Kier molecular flexibility index (Phi) is 7.20. The molecule has 5 heteroatoms. The molecule has 0 saturated heterocycles. The van der Waals surface area contributed by atoms with Gasteiger partial charge in [-0.15, -0.1) is 0 Å². The van der Waals surface area contributed by atoms with E-state index < -0.39 is 0 Å². The Bertz CT molecular complexity index is 1270. The van der Waals surface area contributed by atoms with Gasteiger partial charge in [-0.3, -0.25) is 0 Å². The Morgan fingerprint density at radius 3 is 1.78 bits per heavy atom. The summed E-state index contributed by atoms with van der Waals surface area (Å²) < 4.78 is 4.08. The second-order valence-corrected chi connectivity index (χ2v) is 8.66. The summed E-state index contributed by atoms with van der Waals surface area (Å²) in [6.07, 6.45) is 3.84. The van der Waals surface area contributed by atoms with Gasteiger partial charge in [0.1, 0.15) is 0 Å². The van der Waals surface area contributed by atoms with Gasteiger partial charge in [0.2, 0.25) is 6.33 Å². The second kappa shape index (κ2) is 10.1. The van der Waals surface area contributed by atoms with E-state index in [1.165, 1.54) is 32.7 Å². The smallest absolute Gasteiger partial charge is 0.255 e. The fraction of sp³-hybridized carbons (Fsp3) is 0.148. The highest BCUT2D eigenvalue weighted by atomic mass is 79.9. The van der Waals surface area contributed by atoms with Gasteiger partial charge < -0.3 is 17.0 Å². The van der Waals surface area contributed by atoms with E-state index in [2.05, 4.69) is 84.9 Å². The van der Waals surface area contributed by atoms with Gasteiger partial charge in [0.25, 0.3) is 10.3 Å². The highest BCUT2D eigenvalue weighted by Crippen LogP contribution is 2.21. The molecular formula is C27H23BrCl2N2. The summed E-state index contributed by atoms with van der Waals surface area (Å²) in [4.78, 5) is 0. The molecule has 0 aliphatic carbocycles. The predicted molar refractivity (Wildman–Crippen MR) is 130 cm³/mol. The van der Waals surface area contributed by atoms with Gasteiger partial charge in [-0.05, 0) is 55.9 Å². The fourth-order valence-electron chi connectivity index (χ4n) is 4.11. The third kappa shape index (κ3) is 4.85. The molecule has 4 aromatic carbocycles. The van der Waals surface area contributed by atoms with Crippen LogP contribution in [0, 0.1) is 0 Å². The summed E-state index contributed by atoms with van der Waals surface area (Å²) >= 11 is 13.1. The number of halogens is 3. The van der Waals surface area contributed by atoms with Crippen LogP contribution in [0.15, 0.2) is 91.3 Å². The maximum absolute atomic E-state index is 6.55. The molecule has 0 saturated carbocycles.